The lowest BCUT2D eigenvalue weighted by molar-refractivity contribution is -0.152. The van der Waals surface area contributed by atoms with Gasteiger partial charge in [-0.2, -0.15) is 0 Å². The minimum absolute atomic E-state index is 0.258. The van der Waals surface area contributed by atoms with E-state index < -0.39 is 60.9 Å². The molecule has 0 aromatic rings. The summed E-state index contributed by atoms with van der Waals surface area (Å²) in [6.07, 6.45) is 1.20. The van der Waals surface area contributed by atoms with Gasteiger partial charge in [0.05, 0.1) is 24.7 Å². The van der Waals surface area contributed by atoms with E-state index in [0.717, 1.165) is 0 Å². The molecule has 29 heavy (non-hydrogen) atoms. The third-order valence-electron chi connectivity index (χ3n) is 4.17. The monoisotopic (exact) mass is 417 g/mol. The van der Waals surface area contributed by atoms with E-state index in [1.54, 1.807) is 0 Å². The quantitative estimate of drug-likeness (QED) is 0.125. The van der Waals surface area contributed by atoms with E-state index in [1.807, 2.05) is 0 Å². The van der Waals surface area contributed by atoms with E-state index in [-0.39, 0.29) is 6.42 Å². The number of nitrogens with two attached hydrogens (primary N) is 3. The van der Waals surface area contributed by atoms with Crippen LogP contribution in [-0.2, 0) is 24.0 Å². The van der Waals surface area contributed by atoms with E-state index in [2.05, 4.69) is 5.32 Å². The molecule has 0 aliphatic rings. The molecule has 4 atom stereocenters. The maximum absolute atomic E-state index is 12.7. The van der Waals surface area contributed by atoms with Crippen molar-refractivity contribution in [3.63, 3.8) is 0 Å². The first-order valence-electron chi connectivity index (χ1n) is 9.27. The van der Waals surface area contributed by atoms with Crippen LogP contribution in [0, 0.1) is 0 Å². The molecule has 0 unspecified atom stereocenters. The first kappa shape index (κ1) is 26.6. The SMILES string of the molecule is C[C@@H](C=O)N(C(=O)[C@H](CO)NC(=O)[C@@H](N)CCCCN)C(=O)[C@@H](N)CCC(=O)O. The summed E-state index contributed by atoms with van der Waals surface area (Å²) in [6.45, 7) is 0.843. The molecule has 0 radical (unpaired) electrons. The van der Waals surface area contributed by atoms with Gasteiger partial charge in [-0.3, -0.25) is 24.1 Å². The van der Waals surface area contributed by atoms with Gasteiger partial charge in [-0.1, -0.05) is 6.42 Å². The van der Waals surface area contributed by atoms with Crippen molar-refractivity contribution in [1.29, 1.82) is 0 Å². The van der Waals surface area contributed by atoms with Crippen molar-refractivity contribution in [2.75, 3.05) is 13.2 Å². The van der Waals surface area contributed by atoms with Crippen molar-refractivity contribution >= 4 is 30.0 Å². The number of aliphatic hydroxyl groups is 1. The van der Waals surface area contributed by atoms with Gasteiger partial charge in [-0.05, 0) is 32.7 Å². The molecule has 9 N–H and O–H groups in total. The molecule has 0 fully saturated rings. The number of carbonyl (C=O) groups excluding carboxylic acids is 4. The van der Waals surface area contributed by atoms with Gasteiger partial charge in [0.15, 0.2) is 0 Å². The number of carboxylic acids is 1. The Balaban J connectivity index is 5.27. The molecule has 0 rings (SSSR count). The van der Waals surface area contributed by atoms with Crippen LogP contribution in [0.5, 0.6) is 0 Å². The number of aldehydes is 1. The standard InChI is InChI=1S/C17H31N5O7/c1-10(8-23)22(16(28)12(20)5-6-14(25)26)17(29)13(9-24)21-15(27)11(19)4-2-3-7-18/h8,10-13,24H,2-7,9,18-20H2,1H3,(H,21,27)(H,25,26)/t10-,11-,12-,13-/m0/s1. The average molecular weight is 417 g/mol. The summed E-state index contributed by atoms with van der Waals surface area (Å²) in [5.41, 5.74) is 16.8. The molecule has 0 aromatic carbocycles. The van der Waals surface area contributed by atoms with Crippen molar-refractivity contribution in [3.8, 4) is 0 Å². The highest BCUT2D eigenvalue weighted by atomic mass is 16.4. The number of nitrogens with zero attached hydrogens (tertiary/aromatic N) is 1. The molecule has 0 saturated carbocycles. The highest BCUT2D eigenvalue weighted by molar-refractivity contribution is 6.03. The van der Waals surface area contributed by atoms with Gasteiger partial charge in [0, 0.05) is 6.42 Å². The first-order valence-corrected chi connectivity index (χ1v) is 9.27. The Bertz CT molecular complexity index is 587. The molecule has 12 nitrogen and oxygen atoms in total. The molecule has 0 aliphatic carbocycles. The number of aliphatic carboxylic acids is 1. The fourth-order valence-electron chi connectivity index (χ4n) is 2.42. The molecule has 0 bridgehead atoms. The van der Waals surface area contributed by atoms with Gasteiger partial charge in [-0.15, -0.1) is 0 Å². The van der Waals surface area contributed by atoms with Gasteiger partial charge < -0.3 is 37.5 Å². The van der Waals surface area contributed by atoms with Gasteiger partial charge in [0.1, 0.15) is 12.3 Å². The van der Waals surface area contributed by atoms with Crippen molar-refractivity contribution in [3.05, 3.63) is 0 Å². The van der Waals surface area contributed by atoms with Crippen LogP contribution in [0.4, 0.5) is 0 Å². The van der Waals surface area contributed by atoms with Crippen LogP contribution in [0.3, 0.4) is 0 Å². The summed E-state index contributed by atoms with van der Waals surface area (Å²) in [6, 6.07) is -5.07. The van der Waals surface area contributed by atoms with Crippen LogP contribution in [-0.4, -0.2) is 82.4 Å². The second kappa shape index (κ2) is 13.7. The Morgan fingerprint density at radius 1 is 1.07 bits per heavy atom. The first-order chi connectivity index (χ1) is 13.6. The third-order valence-corrected chi connectivity index (χ3v) is 4.17. The third kappa shape index (κ3) is 9.09. The zero-order valence-electron chi connectivity index (χ0n) is 16.5. The van der Waals surface area contributed by atoms with Crippen LogP contribution in [0.1, 0.15) is 39.0 Å². The summed E-state index contributed by atoms with van der Waals surface area (Å²) >= 11 is 0. The number of hydrogen-bond acceptors (Lipinski definition) is 9. The Morgan fingerprint density at radius 2 is 1.69 bits per heavy atom. The molecule has 12 heteroatoms. The minimum Gasteiger partial charge on any atom is -0.481 e. The van der Waals surface area contributed by atoms with Gasteiger partial charge in [-0.25, -0.2) is 0 Å². The molecule has 0 heterocycles. The summed E-state index contributed by atoms with van der Waals surface area (Å²) in [4.78, 5) is 59.7. The largest absolute Gasteiger partial charge is 0.481 e. The molecular weight excluding hydrogens is 386 g/mol. The van der Waals surface area contributed by atoms with Crippen molar-refractivity contribution in [1.82, 2.24) is 10.2 Å². The predicted octanol–water partition coefficient (Wildman–Crippen LogP) is -2.95. The lowest BCUT2D eigenvalue weighted by atomic mass is 10.1. The Kier molecular flexibility index (Phi) is 12.6. The predicted molar refractivity (Wildman–Crippen MR) is 102 cm³/mol. The van der Waals surface area contributed by atoms with Crippen molar-refractivity contribution in [2.24, 2.45) is 17.2 Å². The number of hydrogen-bond donors (Lipinski definition) is 6. The summed E-state index contributed by atoms with van der Waals surface area (Å²) in [5.74, 6) is -3.93. The Labute approximate surface area is 168 Å². The number of imide groups is 1. The Morgan fingerprint density at radius 3 is 2.17 bits per heavy atom. The van der Waals surface area contributed by atoms with Crippen LogP contribution >= 0.6 is 0 Å². The fourth-order valence-corrected chi connectivity index (χ4v) is 2.42. The maximum Gasteiger partial charge on any atom is 0.303 e. The van der Waals surface area contributed by atoms with Crippen LogP contribution in [0.2, 0.25) is 0 Å². The zero-order chi connectivity index (χ0) is 22.6. The van der Waals surface area contributed by atoms with Crippen molar-refractivity contribution < 1.29 is 34.2 Å². The van der Waals surface area contributed by atoms with E-state index in [4.69, 9.17) is 22.3 Å². The van der Waals surface area contributed by atoms with E-state index in [9.17, 15) is 29.1 Å². The highest BCUT2D eigenvalue weighted by Gasteiger charge is 2.36. The molecular formula is C17H31N5O7. The fraction of sp³-hybridized carbons (Fsp3) is 0.706. The van der Waals surface area contributed by atoms with E-state index in [1.165, 1.54) is 6.92 Å². The lowest BCUT2D eigenvalue weighted by Crippen LogP contribution is -2.59. The maximum atomic E-state index is 12.7. The normalized spacial score (nSPS) is 14.9. The molecule has 0 aromatic heterocycles. The second-order valence-corrected chi connectivity index (χ2v) is 6.60. The number of unbranched alkanes of at least 4 members (excludes halogenated alkanes) is 1. The second-order valence-electron chi connectivity index (χ2n) is 6.60. The average Bonchev–Trinajstić information content (AvgIpc) is 2.69. The molecule has 0 saturated heterocycles. The zero-order valence-corrected chi connectivity index (χ0v) is 16.5. The van der Waals surface area contributed by atoms with Crippen LogP contribution < -0.4 is 22.5 Å². The lowest BCUT2D eigenvalue weighted by Gasteiger charge is -2.30. The number of rotatable bonds is 14. The van der Waals surface area contributed by atoms with E-state index >= 15 is 0 Å². The summed E-state index contributed by atoms with van der Waals surface area (Å²) in [7, 11) is 0. The molecule has 0 aliphatic heterocycles. The number of carboxylic acid groups (broad SMARTS) is 1. The van der Waals surface area contributed by atoms with Crippen LogP contribution in [0.15, 0.2) is 0 Å². The molecule has 0 spiro atoms. The van der Waals surface area contributed by atoms with E-state index in [0.29, 0.717) is 37.0 Å². The van der Waals surface area contributed by atoms with Gasteiger partial charge >= 0.3 is 5.97 Å². The minimum atomic E-state index is -1.53. The van der Waals surface area contributed by atoms with Crippen LogP contribution in [0.25, 0.3) is 0 Å². The number of nitrogens with one attached hydrogen (secondary N) is 1. The molecule has 166 valence electrons. The summed E-state index contributed by atoms with van der Waals surface area (Å²) < 4.78 is 0. The number of carbonyl (C=O) groups is 5. The topological polar surface area (TPSA) is 219 Å². The number of aliphatic hydroxyl groups excluding tert-OH is 1. The number of amides is 3. The summed E-state index contributed by atoms with van der Waals surface area (Å²) in [5, 5.41) is 20.5. The smallest absolute Gasteiger partial charge is 0.303 e. The Hall–Kier alpha value is -2.41. The van der Waals surface area contributed by atoms with Crippen molar-refractivity contribution in [2.45, 2.75) is 63.2 Å². The van der Waals surface area contributed by atoms with Gasteiger partial charge in [0.2, 0.25) is 11.8 Å². The van der Waals surface area contributed by atoms with Gasteiger partial charge in [0.25, 0.3) is 5.91 Å². The molecule has 3 amide bonds. The highest BCUT2D eigenvalue weighted by Crippen LogP contribution is 2.08.